The molecule has 0 spiro atoms. The minimum Gasteiger partial charge on any atom is -0.462 e. The Morgan fingerprint density at radius 3 is 1.51 bits per heavy atom. The maximum Gasteiger partial charge on any atom is 0.469 e. The highest BCUT2D eigenvalue weighted by Gasteiger charge is 2.23. The summed E-state index contributed by atoms with van der Waals surface area (Å²) in [5.41, 5.74) is 0. The van der Waals surface area contributed by atoms with E-state index in [-0.39, 0.29) is 25.7 Å². The summed E-state index contributed by atoms with van der Waals surface area (Å²) in [6, 6.07) is 0. The largest absolute Gasteiger partial charge is 0.469 e. The summed E-state index contributed by atoms with van der Waals surface area (Å²) < 4.78 is 26.3. The Morgan fingerprint density at radius 2 is 1.00 bits per heavy atom. The minimum atomic E-state index is -4.84. The van der Waals surface area contributed by atoms with Gasteiger partial charge in [-0.25, -0.2) is 4.57 Å². The lowest BCUT2D eigenvalue weighted by molar-refractivity contribution is -0.161. The van der Waals surface area contributed by atoms with Crippen molar-refractivity contribution in [3.05, 3.63) is 48.6 Å². The zero-order valence-electron chi connectivity index (χ0n) is 37.1. The summed E-state index contributed by atoms with van der Waals surface area (Å²) >= 11 is 0. The number of allylic oxidation sites excluding steroid dienone is 6. The number of carbonyl (C=O) groups is 2. The maximum absolute atomic E-state index is 12.5. The van der Waals surface area contributed by atoms with Gasteiger partial charge in [-0.3, -0.25) is 14.1 Å². The summed E-state index contributed by atoms with van der Waals surface area (Å²) in [6.45, 7) is 5.66. The van der Waals surface area contributed by atoms with Gasteiger partial charge in [-0.15, -0.1) is 0 Å². The smallest absolute Gasteiger partial charge is 0.462 e. The van der Waals surface area contributed by atoms with Gasteiger partial charge in [0.2, 0.25) is 0 Å². The van der Waals surface area contributed by atoms with E-state index in [4.69, 9.17) is 19.3 Å². The molecule has 0 fully saturated rings. The molecule has 0 rings (SSSR count). The topological polar surface area (TPSA) is 180 Å². The normalized spacial score (nSPS) is 14.6. The number of phosphoric ester groups is 1. The number of hydrogen-bond donors (Lipinski definition) is 5. The molecule has 0 aliphatic carbocycles. The molecule has 344 valence electrons. The second-order valence-corrected chi connectivity index (χ2v) is 17.7. The molecule has 12 heteroatoms. The van der Waals surface area contributed by atoms with E-state index in [1.807, 2.05) is 0 Å². The number of hydrogen-bond acceptors (Lipinski definition) is 9. The van der Waals surface area contributed by atoms with Crippen LogP contribution in [-0.4, -0.2) is 74.7 Å². The molecule has 0 unspecified atom stereocenters. The van der Waals surface area contributed by atoms with Gasteiger partial charge in [-0.2, -0.15) is 0 Å². The first kappa shape index (κ1) is 56.9. The van der Waals surface area contributed by atoms with Gasteiger partial charge in [-0.1, -0.05) is 204 Å². The van der Waals surface area contributed by atoms with Gasteiger partial charge in [0.15, 0.2) is 6.10 Å². The molecule has 0 aromatic carbocycles. The summed E-state index contributed by atoms with van der Waals surface area (Å²) in [5.74, 6) is -0.374. The second kappa shape index (κ2) is 40.0. The summed E-state index contributed by atoms with van der Waals surface area (Å²) in [6.07, 6.45) is 37.8. The van der Waals surface area contributed by atoms with E-state index >= 15 is 0 Å². The van der Waals surface area contributed by atoms with Crippen LogP contribution in [0.2, 0.25) is 0 Å². The van der Waals surface area contributed by atoms with Crippen LogP contribution in [0.4, 0.5) is 0 Å². The molecule has 0 aromatic heterocycles. The van der Waals surface area contributed by atoms with Crippen molar-refractivity contribution in [2.45, 2.75) is 219 Å². The number of rotatable bonds is 41. The number of ether oxygens (including phenoxy) is 2. The fraction of sp³-hybridized carbons (Fsp3) is 0.787. The molecule has 11 nitrogen and oxygen atoms in total. The van der Waals surface area contributed by atoms with Gasteiger partial charge < -0.3 is 34.6 Å². The zero-order valence-corrected chi connectivity index (χ0v) is 38.0. The van der Waals surface area contributed by atoms with E-state index in [1.54, 1.807) is 42.5 Å². The summed E-state index contributed by atoms with van der Waals surface area (Å²) in [7, 11) is -4.84. The second-order valence-electron chi connectivity index (χ2n) is 16.4. The fourth-order valence-corrected chi connectivity index (χ4v) is 6.89. The van der Waals surface area contributed by atoms with Crippen LogP contribution in [0, 0.1) is 5.92 Å². The molecule has 0 heterocycles. The van der Waals surface area contributed by atoms with E-state index in [0.29, 0.717) is 6.42 Å². The van der Waals surface area contributed by atoms with Crippen LogP contribution >= 0.6 is 7.82 Å². The number of aliphatic hydroxyl groups is 3. The molecule has 0 aliphatic rings. The van der Waals surface area contributed by atoms with Crippen LogP contribution in [0.5, 0.6) is 0 Å². The summed E-state index contributed by atoms with van der Waals surface area (Å²) in [5, 5.41) is 30.3. The van der Waals surface area contributed by atoms with E-state index < -0.39 is 57.4 Å². The van der Waals surface area contributed by atoms with Crippen LogP contribution < -0.4 is 0 Å². The zero-order chi connectivity index (χ0) is 43.8. The lowest BCUT2D eigenvalue weighted by Gasteiger charge is -2.18. The first-order chi connectivity index (χ1) is 28.3. The van der Waals surface area contributed by atoms with Crippen molar-refractivity contribution < 1.29 is 53.3 Å². The maximum atomic E-state index is 12.5. The monoisotopic (exact) mass is 857 g/mol. The SMILES string of the molecule is CCCCC[C@@H](O)/C=C/C=C\C=C\C=C\[C@@H](O)[C@H](O)CCCC(=O)OC[C@H](COP(=O)(O)O)OC(=O)CCCCCCCCCCCCCCCCCCCCC(C)C. The van der Waals surface area contributed by atoms with Crippen LogP contribution in [0.1, 0.15) is 194 Å². The quantitative estimate of drug-likeness (QED) is 0.0171. The molecule has 0 radical (unpaired) electrons. The van der Waals surface area contributed by atoms with E-state index in [2.05, 4.69) is 25.3 Å². The van der Waals surface area contributed by atoms with Gasteiger partial charge >= 0.3 is 19.8 Å². The molecular formula is C47H85O11P. The van der Waals surface area contributed by atoms with Crippen molar-refractivity contribution in [1.29, 1.82) is 0 Å². The number of carbonyl (C=O) groups excluding carboxylic acids is 2. The third-order valence-corrected chi connectivity index (χ3v) is 10.6. The average molecular weight is 857 g/mol. The Labute approximate surface area is 358 Å². The third kappa shape index (κ3) is 42.4. The van der Waals surface area contributed by atoms with Crippen molar-refractivity contribution in [2.75, 3.05) is 13.2 Å². The molecule has 59 heavy (non-hydrogen) atoms. The fourth-order valence-electron chi connectivity index (χ4n) is 6.53. The highest BCUT2D eigenvalue weighted by molar-refractivity contribution is 7.46. The van der Waals surface area contributed by atoms with Gasteiger partial charge in [0.1, 0.15) is 6.61 Å². The molecule has 0 saturated heterocycles. The first-order valence-corrected chi connectivity index (χ1v) is 24.6. The molecule has 5 N–H and O–H groups in total. The van der Waals surface area contributed by atoms with Gasteiger partial charge in [0, 0.05) is 12.8 Å². The van der Waals surface area contributed by atoms with Gasteiger partial charge in [0.05, 0.1) is 24.9 Å². The highest BCUT2D eigenvalue weighted by atomic mass is 31.2. The van der Waals surface area contributed by atoms with Crippen molar-refractivity contribution >= 4 is 19.8 Å². The molecule has 0 amide bonds. The van der Waals surface area contributed by atoms with E-state index in [9.17, 15) is 29.5 Å². The van der Waals surface area contributed by atoms with Crippen LogP contribution in [0.15, 0.2) is 48.6 Å². The average Bonchev–Trinajstić information content (AvgIpc) is 3.18. The summed E-state index contributed by atoms with van der Waals surface area (Å²) in [4.78, 5) is 43.0. The molecule has 4 atom stereocenters. The van der Waals surface area contributed by atoms with Crippen molar-refractivity contribution in [3.8, 4) is 0 Å². The number of aliphatic hydroxyl groups excluding tert-OH is 3. The molecule has 0 bridgehead atoms. The number of esters is 2. The van der Waals surface area contributed by atoms with Crippen molar-refractivity contribution in [2.24, 2.45) is 5.92 Å². The van der Waals surface area contributed by atoms with Crippen LogP contribution in [-0.2, 0) is 28.2 Å². The van der Waals surface area contributed by atoms with Crippen LogP contribution in [0.25, 0.3) is 0 Å². The van der Waals surface area contributed by atoms with Crippen LogP contribution in [0.3, 0.4) is 0 Å². The molecule has 0 aromatic rings. The number of unbranched alkanes of at least 4 members (excludes halogenated alkanes) is 19. The Kier molecular flexibility index (Phi) is 38.6. The third-order valence-electron chi connectivity index (χ3n) is 10.1. The first-order valence-electron chi connectivity index (χ1n) is 23.1. The Balaban J connectivity index is 4.13. The Bertz CT molecular complexity index is 1160. The predicted molar refractivity (Wildman–Crippen MR) is 239 cm³/mol. The minimum absolute atomic E-state index is 0.0853. The predicted octanol–water partition coefficient (Wildman–Crippen LogP) is 11.1. The molecule has 0 saturated carbocycles. The van der Waals surface area contributed by atoms with E-state index in [0.717, 1.165) is 50.9 Å². The standard InChI is InChI=1S/C47H85O11P/c1-4-5-26-33-42(48)34-28-23-20-21-24-29-35-44(49)45(50)36-31-38-46(51)56-39-43(40-57-59(53,54)55)58-47(52)37-30-25-19-17-15-13-11-9-7-6-8-10-12-14-16-18-22-27-32-41(2)3/h20-21,23-24,28-29,34-35,41-45,48-50H,4-19,22,25-27,30-33,36-40H2,1-3H3,(H2,53,54,55)/b23-20-,24-21+,34-28+,35-29+/t42-,43-,44-,45-/m1/s1. The van der Waals surface area contributed by atoms with E-state index in [1.165, 1.54) is 102 Å². The molecular weight excluding hydrogens is 771 g/mol. The van der Waals surface area contributed by atoms with Crippen molar-refractivity contribution in [3.63, 3.8) is 0 Å². The number of phosphoric acid groups is 1. The Morgan fingerprint density at radius 1 is 0.542 bits per heavy atom. The lowest BCUT2D eigenvalue weighted by atomic mass is 10.0. The highest BCUT2D eigenvalue weighted by Crippen LogP contribution is 2.36. The molecule has 0 aliphatic heterocycles. The Hall–Kier alpha value is -2.11. The lowest BCUT2D eigenvalue weighted by Crippen LogP contribution is -2.29. The van der Waals surface area contributed by atoms with Gasteiger partial charge in [0.25, 0.3) is 0 Å². The van der Waals surface area contributed by atoms with Gasteiger partial charge in [-0.05, 0) is 31.6 Å². The van der Waals surface area contributed by atoms with Crippen molar-refractivity contribution in [1.82, 2.24) is 0 Å².